The maximum Gasteiger partial charge on any atom is 0.344 e. The molecule has 6 nitrogen and oxygen atoms in total. The van der Waals surface area contributed by atoms with E-state index in [-0.39, 0.29) is 17.5 Å². The van der Waals surface area contributed by atoms with Gasteiger partial charge in [0, 0.05) is 23.7 Å². The van der Waals surface area contributed by atoms with Gasteiger partial charge in [-0.3, -0.25) is 0 Å². The van der Waals surface area contributed by atoms with Gasteiger partial charge in [-0.1, -0.05) is 30.5 Å². The first-order chi connectivity index (χ1) is 15.4. The molecule has 0 unspecified atom stereocenters. The number of hydrogen-bond acceptors (Lipinski definition) is 5. The second-order valence-corrected chi connectivity index (χ2v) is 11.9. The predicted octanol–water partition coefficient (Wildman–Crippen LogP) is 5.60. The third kappa shape index (κ3) is 6.28. The van der Waals surface area contributed by atoms with Crippen molar-refractivity contribution in [2.75, 3.05) is 13.7 Å². The van der Waals surface area contributed by atoms with Crippen LogP contribution >= 0.6 is 11.6 Å². The lowest BCUT2D eigenvalue weighted by Crippen LogP contribution is -2.35. The Bertz CT molecular complexity index is 1120. The van der Waals surface area contributed by atoms with Crippen molar-refractivity contribution in [3.05, 3.63) is 47.0 Å². The van der Waals surface area contributed by atoms with E-state index < -0.39 is 21.6 Å². The van der Waals surface area contributed by atoms with Crippen molar-refractivity contribution in [2.45, 2.75) is 69.9 Å². The summed E-state index contributed by atoms with van der Waals surface area (Å²) in [7, 11) is -2.00. The van der Waals surface area contributed by atoms with E-state index in [1.807, 2.05) is 6.92 Å². The van der Waals surface area contributed by atoms with Crippen molar-refractivity contribution >= 4 is 27.6 Å². The van der Waals surface area contributed by atoms with Gasteiger partial charge in [-0.15, -0.1) is 0 Å². The van der Waals surface area contributed by atoms with Crippen molar-refractivity contribution < 1.29 is 22.7 Å². The third-order valence-corrected chi connectivity index (χ3v) is 7.86. The Labute approximate surface area is 201 Å². The molecular formula is C25H32ClNO5S. The average molecular weight is 494 g/mol. The van der Waals surface area contributed by atoms with Gasteiger partial charge < -0.3 is 9.47 Å². The lowest BCUT2D eigenvalue weighted by Gasteiger charge is -2.24. The van der Waals surface area contributed by atoms with Crippen LogP contribution in [0.4, 0.5) is 0 Å². The Kier molecular flexibility index (Phi) is 7.76. The van der Waals surface area contributed by atoms with Crippen molar-refractivity contribution in [1.82, 2.24) is 4.31 Å². The normalized spacial score (nSPS) is 15.1. The lowest BCUT2D eigenvalue weighted by atomic mass is 10.00. The molecule has 0 aliphatic heterocycles. The second-order valence-electron chi connectivity index (χ2n) is 9.45. The fourth-order valence-electron chi connectivity index (χ4n) is 4.03. The van der Waals surface area contributed by atoms with Crippen LogP contribution in [0.25, 0.3) is 11.1 Å². The Morgan fingerprint density at radius 2 is 1.76 bits per heavy atom. The Morgan fingerprint density at radius 3 is 2.39 bits per heavy atom. The molecule has 1 aliphatic rings. The molecule has 2 aromatic rings. The summed E-state index contributed by atoms with van der Waals surface area (Å²) in [4.78, 5) is 12.4. The molecule has 3 rings (SSSR count). The van der Waals surface area contributed by atoms with Gasteiger partial charge in [0.05, 0.1) is 4.90 Å². The Balaban J connectivity index is 1.94. The molecule has 0 saturated heterocycles. The third-order valence-electron chi connectivity index (χ3n) is 5.72. The molecule has 0 N–H and O–H groups in total. The van der Waals surface area contributed by atoms with Crippen LogP contribution in [0.3, 0.4) is 0 Å². The van der Waals surface area contributed by atoms with E-state index in [2.05, 4.69) is 0 Å². The van der Waals surface area contributed by atoms with Crippen LogP contribution in [-0.2, 0) is 19.6 Å². The molecule has 0 amide bonds. The lowest BCUT2D eigenvalue weighted by molar-refractivity contribution is -0.157. The number of ether oxygens (including phenoxy) is 2. The highest BCUT2D eigenvalue weighted by atomic mass is 35.5. The summed E-state index contributed by atoms with van der Waals surface area (Å²) in [5, 5.41) is 0.477. The minimum atomic E-state index is -3.65. The molecular weight excluding hydrogens is 462 g/mol. The molecule has 1 fully saturated rings. The average Bonchev–Trinajstić information content (AvgIpc) is 3.26. The summed E-state index contributed by atoms with van der Waals surface area (Å²) in [5.41, 5.74) is 1.54. The smallest absolute Gasteiger partial charge is 0.344 e. The molecule has 2 aromatic carbocycles. The molecule has 1 saturated carbocycles. The number of hydrogen-bond donors (Lipinski definition) is 0. The summed E-state index contributed by atoms with van der Waals surface area (Å²) < 4.78 is 39.2. The monoisotopic (exact) mass is 493 g/mol. The van der Waals surface area contributed by atoms with Gasteiger partial charge in [-0.2, -0.15) is 4.31 Å². The summed E-state index contributed by atoms with van der Waals surface area (Å²) >= 11 is 6.26. The van der Waals surface area contributed by atoms with Crippen LogP contribution in [0.15, 0.2) is 41.3 Å². The molecule has 0 radical (unpaired) electrons. The number of esters is 1. The van der Waals surface area contributed by atoms with Crippen molar-refractivity contribution in [2.24, 2.45) is 0 Å². The minimum Gasteiger partial charge on any atom is -0.481 e. The predicted molar refractivity (Wildman–Crippen MR) is 130 cm³/mol. The molecule has 0 spiro atoms. The zero-order valence-electron chi connectivity index (χ0n) is 19.9. The second kappa shape index (κ2) is 10.0. The highest BCUT2D eigenvalue weighted by Gasteiger charge is 2.30. The number of rotatable bonds is 7. The summed E-state index contributed by atoms with van der Waals surface area (Å²) in [6.45, 7) is 6.99. The van der Waals surface area contributed by atoms with Crippen LogP contribution < -0.4 is 4.74 Å². The summed E-state index contributed by atoms with van der Waals surface area (Å²) in [6.07, 6.45) is 3.85. The number of sulfonamides is 1. The molecule has 180 valence electrons. The fraction of sp³-hybridized carbons (Fsp3) is 0.480. The molecule has 1 aliphatic carbocycles. The van der Waals surface area contributed by atoms with Crippen LogP contribution in [0.1, 0.15) is 52.0 Å². The van der Waals surface area contributed by atoms with Crippen LogP contribution in [0, 0.1) is 6.92 Å². The zero-order valence-corrected chi connectivity index (χ0v) is 21.4. The summed E-state index contributed by atoms with van der Waals surface area (Å²) in [5.74, 6) is -0.0679. The number of benzene rings is 2. The van der Waals surface area contributed by atoms with Crippen LogP contribution in [-0.4, -0.2) is 44.0 Å². The maximum absolute atomic E-state index is 13.3. The first-order valence-electron chi connectivity index (χ1n) is 11.1. The largest absolute Gasteiger partial charge is 0.481 e. The van der Waals surface area contributed by atoms with E-state index in [1.165, 1.54) is 4.31 Å². The van der Waals surface area contributed by atoms with E-state index in [9.17, 15) is 13.2 Å². The number of carbonyl (C=O) groups is 1. The maximum atomic E-state index is 13.3. The van der Waals surface area contributed by atoms with E-state index >= 15 is 0 Å². The molecule has 0 atom stereocenters. The first-order valence-corrected chi connectivity index (χ1v) is 12.9. The highest BCUT2D eigenvalue weighted by Crippen LogP contribution is 2.37. The molecule has 0 heterocycles. The van der Waals surface area contributed by atoms with Gasteiger partial charge in [0.15, 0.2) is 6.61 Å². The molecule has 8 heteroatoms. The van der Waals surface area contributed by atoms with Crippen LogP contribution in [0.5, 0.6) is 5.75 Å². The van der Waals surface area contributed by atoms with Gasteiger partial charge in [0.25, 0.3) is 0 Å². The Hall–Kier alpha value is -2.09. The topological polar surface area (TPSA) is 72.9 Å². The number of nitrogens with zero attached hydrogens (tertiary/aromatic N) is 1. The number of halogens is 1. The zero-order chi connectivity index (χ0) is 24.4. The van der Waals surface area contributed by atoms with Crippen LogP contribution in [0.2, 0.25) is 5.02 Å². The van der Waals surface area contributed by atoms with E-state index in [4.69, 9.17) is 21.1 Å². The van der Waals surface area contributed by atoms with Gasteiger partial charge in [-0.25, -0.2) is 13.2 Å². The van der Waals surface area contributed by atoms with Gasteiger partial charge >= 0.3 is 5.97 Å². The van der Waals surface area contributed by atoms with Gasteiger partial charge in [-0.05, 0) is 82.0 Å². The van der Waals surface area contributed by atoms with E-state index in [0.29, 0.717) is 21.9 Å². The van der Waals surface area contributed by atoms with Gasteiger partial charge in [0.1, 0.15) is 11.4 Å². The molecule has 0 aromatic heterocycles. The SMILES string of the molecule is Cc1ccc(S(=O)(=O)N(C)C2CCCC2)cc1-c1cc(Cl)ccc1OCC(=O)OC(C)(C)C. The first kappa shape index (κ1) is 25.5. The Morgan fingerprint density at radius 1 is 1.09 bits per heavy atom. The number of aryl methyl sites for hydroxylation is 1. The quantitative estimate of drug-likeness (QED) is 0.469. The van der Waals surface area contributed by atoms with Gasteiger partial charge in [0.2, 0.25) is 10.0 Å². The molecule has 0 bridgehead atoms. The van der Waals surface area contributed by atoms with E-state index in [0.717, 1.165) is 31.2 Å². The standard InChI is InChI=1S/C25H32ClNO5S/c1-17-10-12-20(33(29,30)27(5)19-8-6-7-9-19)15-21(17)22-14-18(26)11-13-23(22)31-16-24(28)32-25(2,3)4/h10-15,19H,6-9,16H2,1-5H3. The van der Waals surface area contributed by atoms with E-state index in [1.54, 1.807) is 64.2 Å². The summed E-state index contributed by atoms with van der Waals surface area (Å²) in [6, 6.07) is 10.1. The fourth-order valence-corrected chi connectivity index (χ4v) is 5.64. The molecule has 33 heavy (non-hydrogen) atoms. The highest BCUT2D eigenvalue weighted by molar-refractivity contribution is 7.89. The minimum absolute atomic E-state index is 0.0265. The van der Waals surface area contributed by atoms with Crippen molar-refractivity contribution in [3.8, 4) is 16.9 Å². The van der Waals surface area contributed by atoms with Crippen molar-refractivity contribution in [3.63, 3.8) is 0 Å². The van der Waals surface area contributed by atoms with Crippen molar-refractivity contribution in [1.29, 1.82) is 0 Å². The number of carbonyl (C=O) groups excluding carboxylic acids is 1.